The SMILES string of the molecule is COc1cc(C(C)(C)c2nnc(SCCOc3ccc(-n4cccn4)cc3)n2-c2ccc(F)cc2)ccc1Cl. The fraction of sp³-hybridized carbons (Fsp3) is 0.207. The van der Waals surface area contributed by atoms with Crippen LogP contribution in [0.2, 0.25) is 5.02 Å². The maximum atomic E-state index is 13.8. The average molecular weight is 564 g/mol. The van der Waals surface area contributed by atoms with Gasteiger partial charge in [0, 0.05) is 23.8 Å². The van der Waals surface area contributed by atoms with Gasteiger partial charge < -0.3 is 9.47 Å². The monoisotopic (exact) mass is 563 g/mol. The third kappa shape index (κ3) is 5.79. The van der Waals surface area contributed by atoms with Crippen molar-refractivity contribution < 1.29 is 13.9 Å². The molecule has 5 aromatic rings. The summed E-state index contributed by atoms with van der Waals surface area (Å²) in [4.78, 5) is 0. The molecule has 0 saturated carbocycles. The van der Waals surface area contributed by atoms with Gasteiger partial charge in [-0.3, -0.25) is 4.57 Å². The molecule has 200 valence electrons. The van der Waals surface area contributed by atoms with Gasteiger partial charge in [-0.1, -0.05) is 29.4 Å². The van der Waals surface area contributed by atoms with Crippen molar-refractivity contribution in [2.75, 3.05) is 19.5 Å². The maximum Gasteiger partial charge on any atom is 0.195 e. The summed E-state index contributed by atoms with van der Waals surface area (Å²) in [6, 6.07) is 21.6. The fourth-order valence-electron chi connectivity index (χ4n) is 4.18. The fourth-order valence-corrected chi connectivity index (χ4v) is 5.14. The van der Waals surface area contributed by atoms with Gasteiger partial charge in [-0.25, -0.2) is 9.07 Å². The lowest BCUT2D eigenvalue weighted by Crippen LogP contribution is -2.24. The van der Waals surface area contributed by atoms with E-state index in [9.17, 15) is 4.39 Å². The van der Waals surface area contributed by atoms with Gasteiger partial charge in [0.1, 0.15) is 23.1 Å². The molecule has 0 N–H and O–H groups in total. The Bertz CT molecular complexity index is 1540. The van der Waals surface area contributed by atoms with Crippen molar-refractivity contribution in [1.29, 1.82) is 0 Å². The number of ether oxygens (including phenoxy) is 2. The highest BCUT2D eigenvalue weighted by Gasteiger charge is 2.32. The summed E-state index contributed by atoms with van der Waals surface area (Å²) in [6.45, 7) is 4.59. The summed E-state index contributed by atoms with van der Waals surface area (Å²) in [5, 5.41) is 14.6. The Kier molecular flexibility index (Phi) is 7.90. The van der Waals surface area contributed by atoms with E-state index in [-0.39, 0.29) is 5.82 Å². The van der Waals surface area contributed by atoms with Gasteiger partial charge >= 0.3 is 0 Å². The number of methoxy groups -OCH3 is 1. The summed E-state index contributed by atoms with van der Waals surface area (Å²) in [5.41, 5.74) is 2.12. The molecule has 0 fully saturated rings. The molecule has 0 unspecified atom stereocenters. The van der Waals surface area contributed by atoms with Crippen LogP contribution in [-0.4, -0.2) is 44.0 Å². The largest absolute Gasteiger partial charge is 0.495 e. The number of hydrogen-bond donors (Lipinski definition) is 0. The first-order valence-corrected chi connectivity index (χ1v) is 13.6. The number of aromatic nitrogens is 5. The van der Waals surface area contributed by atoms with Crippen molar-refractivity contribution in [1.82, 2.24) is 24.5 Å². The lowest BCUT2D eigenvalue weighted by Gasteiger charge is -2.26. The van der Waals surface area contributed by atoms with Crippen molar-refractivity contribution in [2.24, 2.45) is 0 Å². The molecular weight excluding hydrogens is 537 g/mol. The van der Waals surface area contributed by atoms with Crippen LogP contribution in [0.4, 0.5) is 4.39 Å². The molecular formula is C29H27ClFN5O2S. The second kappa shape index (κ2) is 11.5. The lowest BCUT2D eigenvalue weighted by atomic mass is 9.83. The Morgan fingerprint density at radius 1 is 0.974 bits per heavy atom. The lowest BCUT2D eigenvalue weighted by molar-refractivity contribution is 0.344. The summed E-state index contributed by atoms with van der Waals surface area (Å²) in [6.07, 6.45) is 3.63. The van der Waals surface area contributed by atoms with Gasteiger partial charge in [0.25, 0.3) is 0 Å². The summed E-state index contributed by atoms with van der Waals surface area (Å²) >= 11 is 7.79. The van der Waals surface area contributed by atoms with E-state index in [1.807, 2.05) is 59.3 Å². The van der Waals surface area contributed by atoms with Crippen molar-refractivity contribution in [3.63, 3.8) is 0 Å². The Hall–Kier alpha value is -3.82. The van der Waals surface area contributed by atoms with Crippen LogP contribution in [0.3, 0.4) is 0 Å². The predicted octanol–water partition coefficient (Wildman–Crippen LogP) is 6.75. The van der Waals surface area contributed by atoms with Gasteiger partial charge in [-0.15, -0.1) is 10.2 Å². The van der Waals surface area contributed by atoms with Crippen molar-refractivity contribution in [3.8, 4) is 22.9 Å². The zero-order chi connectivity index (χ0) is 27.4. The van der Waals surface area contributed by atoms with Gasteiger partial charge in [0.05, 0.1) is 29.8 Å². The Labute approximate surface area is 235 Å². The Balaban J connectivity index is 1.36. The van der Waals surface area contributed by atoms with E-state index in [4.69, 9.17) is 21.1 Å². The molecule has 5 rings (SSSR count). The number of rotatable bonds is 10. The van der Waals surface area contributed by atoms with Crippen LogP contribution >= 0.6 is 23.4 Å². The molecule has 0 atom stereocenters. The standard InChI is InChI=1S/C29H27ClFN5O2S/c1-29(2,20-5-14-25(30)26(19-20)37-3)27-33-34-28(36(27)23-8-6-21(31)7-9-23)39-18-17-38-24-12-10-22(11-13-24)35-16-4-15-32-35/h4-16,19H,17-18H2,1-3H3. The van der Waals surface area contributed by atoms with Crippen LogP contribution in [0.15, 0.2) is 90.3 Å². The number of thioether (sulfide) groups is 1. The highest BCUT2D eigenvalue weighted by atomic mass is 35.5. The third-order valence-corrected chi connectivity index (χ3v) is 7.54. The third-order valence-electron chi connectivity index (χ3n) is 6.34. The minimum Gasteiger partial charge on any atom is -0.495 e. The second-order valence-electron chi connectivity index (χ2n) is 9.23. The topological polar surface area (TPSA) is 67.0 Å². The second-order valence-corrected chi connectivity index (χ2v) is 10.7. The number of halogens is 2. The van der Waals surface area contributed by atoms with Crippen molar-refractivity contribution in [3.05, 3.63) is 107 Å². The molecule has 0 aliphatic carbocycles. The van der Waals surface area contributed by atoms with E-state index in [1.54, 1.807) is 30.1 Å². The molecule has 3 aromatic carbocycles. The quantitative estimate of drug-likeness (QED) is 0.138. The van der Waals surface area contributed by atoms with Gasteiger partial charge in [-0.05, 0) is 86.1 Å². The molecule has 0 amide bonds. The van der Waals surface area contributed by atoms with Crippen molar-refractivity contribution in [2.45, 2.75) is 24.4 Å². The molecule has 2 aromatic heterocycles. The van der Waals surface area contributed by atoms with Crippen molar-refractivity contribution >= 4 is 23.4 Å². The molecule has 0 radical (unpaired) electrons. The highest BCUT2D eigenvalue weighted by Crippen LogP contribution is 2.37. The maximum absolute atomic E-state index is 13.8. The smallest absolute Gasteiger partial charge is 0.195 e. The molecule has 0 saturated heterocycles. The first kappa shape index (κ1) is 26.8. The number of nitrogens with zero attached hydrogens (tertiary/aromatic N) is 5. The van der Waals surface area contributed by atoms with Crippen LogP contribution in [0.25, 0.3) is 11.4 Å². The number of hydrogen-bond acceptors (Lipinski definition) is 6. The molecule has 0 bridgehead atoms. The first-order chi connectivity index (χ1) is 18.9. The average Bonchev–Trinajstić information content (AvgIpc) is 3.63. The van der Waals surface area contributed by atoms with E-state index in [0.717, 1.165) is 22.7 Å². The van der Waals surface area contributed by atoms with E-state index in [1.165, 1.54) is 23.9 Å². The Morgan fingerprint density at radius 3 is 2.41 bits per heavy atom. The van der Waals surface area contributed by atoms with E-state index in [0.29, 0.717) is 34.1 Å². The van der Waals surface area contributed by atoms with Gasteiger partial charge in [-0.2, -0.15) is 5.10 Å². The molecule has 0 spiro atoms. The van der Waals surface area contributed by atoms with Crippen LogP contribution < -0.4 is 9.47 Å². The van der Waals surface area contributed by atoms with E-state index in [2.05, 4.69) is 29.1 Å². The zero-order valence-electron chi connectivity index (χ0n) is 21.7. The molecule has 0 aliphatic rings. The summed E-state index contributed by atoms with van der Waals surface area (Å²) < 4.78 is 28.9. The van der Waals surface area contributed by atoms with Crippen LogP contribution in [-0.2, 0) is 5.41 Å². The highest BCUT2D eigenvalue weighted by molar-refractivity contribution is 7.99. The van der Waals surface area contributed by atoms with Crippen LogP contribution in [0.1, 0.15) is 25.2 Å². The Morgan fingerprint density at radius 2 is 1.72 bits per heavy atom. The number of benzene rings is 3. The molecule has 7 nitrogen and oxygen atoms in total. The van der Waals surface area contributed by atoms with Gasteiger partial charge in [0.2, 0.25) is 0 Å². The van der Waals surface area contributed by atoms with E-state index < -0.39 is 5.41 Å². The molecule has 10 heteroatoms. The van der Waals surface area contributed by atoms with Gasteiger partial charge in [0.15, 0.2) is 5.16 Å². The first-order valence-electron chi connectivity index (χ1n) is 12.3. The normalized spacial score (nSPS) is 11.5. The van der Waals surface area contributed by atoms with Crippen LogP contribution in [0.5, 0.6) is 11.5 Å². The minimum absolute atomic E-state index is 0.309. The molecule has 39 heavy (non-hydrogen) atoms. The molecule has 2 heterocycles. The summed E-state index contributed by atoms with van der Waals surface area (Å²) in [7, 11) is 1.59. The summed E-state index contributed by atoms with van der Waals surface area (Å²) in [5.74, 6) is 2.38. The van der Waals surface area contributed by atoms with E-state index >= 15 is 0 Å². The predicted molar refractivity (Wildman–Crippen MR) is 151 cm³/mol. The molecule has 0 aliphatic heterocycles. The zero-order valence-corrected chi connectivity index (χ0v) is 23.3. The van der Waals surface area contributed by atoms with Crippen LogP contribution in [0, 0.1) is 5.82 Å². The minimum atomic E-state index is -0.565.